The fourth-order valence-corrected chi connectivity index (χ4v) is 3.49. The van der Waals surface area contributed by atoms with Gasteiger partial charge in [0.25, 0.3) is 0 Å². The van der Waals surface area contributed by atoms with Crippen LogP contribution in [0.25, 0.3) is 0 Å². The summed E-state index contributed by atoms with van der Waals surface area (Å²) in [5.41, 5.74) is 1.96. The Labute approximate surface area is 155 Å². The van der Waals surface area contributed by atoms with Gasteiger partial charge in [0.15, 0.2) is 0 Å². The minimum absolute atomic E-state index is 0.0907. The lowest BCUT2D eigenvalue weighted by atomic mass is 9.84. The highest BCUT2D eigenvalue weighted by Crippen LogP contribution is 2.30. The summed E-state index contributed by atoms with van der Waals surface area (Å²) < 4.78 is 5.93. The summed E-state index contributed by atoms with van der Waals surface area (Å²) in [5.74, 6) is 0.892. The maximum atomic E-state index is 12.8. The van der Waals surface area contributed by atoms with Gasteiger partial charge in [0.1, 0.15) is 18.1 Å². The summed E-state index contributed by atoms with van der Waals surface area (Å²) >= 11 is 0. The predicted molar refractivity (Wildman–Crippen MR) is 102 cm³/mol. The van der Waals surface area contributed by atoms with E-state index in [0.717, 1.165) is 37.1 Å². The van der Waals surface area contributed by atoms with Gasteiger partial charge in [-0.15, -0.1) is 0 Å². The van der Waals surface area contributed by atoms with Crippen molar-refractivity contribution in [2.75, 3.05) is 13.1 Å². The molecule has 1 saturated heterocycles. The van der Waals surface area contributed by atoms with Gasteiger partial charge >= 0.3 is 0 Å². The number of piperidine rings is 1. The molecule has 0 saturated carbocycles. The van der Waals surface area contributed by atoms with E-state index in [0.29, 0.717) is 12.4 Å². The summed E-state index contributed by atoms with van der Waals surface area (Å²) in [6.45, 7) is 6.43. The number of likely N-dealkylation sites (tertiary alicyclic amines) is 1. The van der Waals surface area contributed by atoms with E-state index >= 15 is 0 Å². The number of rotatable bonds is 5. The molecule has 2 aromatic rings. The van der Waals surface area contributed by atoms with Crippen LogP contribution < -0.4 is 4.74 Å². The Morgan fingerprint density at radius 1 is 1.19 bits per heavy atom. The van der Waals surface area contributed by atoms with Crippen LogP contribution in [0.4, 0.5) is 0 Å². The van der Waals surface area contributed by atoms with E-state index in [4.69, 9.17) is 4.74 Å². The van der Waals surface area contributed by atoms with Crippen LogP contribution in [0, 0.1) is 5.41 Å². The second kappa shape index (κ2) is 7.81. The van der Waals surface area contributed by atoms with Crippen molar-refractivity contribution in [1.29, 1.82) is 0 Å². The number of benzene rings is 2. The minimum atomic E-state index is 0.0907. The molecular formula is C22H27NO3. The highest BCUT2D eigenvalue weighted by Gasteiger charge is 2.29. The minimum Gasteiger partial charge on any atom is -0.508 e. The SMILES string of the molecule is CC1(C)CCCN(C(=O)Cc2cc(O)ccc2OCc2ccccc2)C1. The Balaban J connectivity index is 1.70. The first-order valence-corrected chi connectivity index (χ1v) is 9.19. The van der Waals surface area contributed by atoms with E-state index in [-0.39, 0.29) is 23.5 Å². The molecule has 4 heteroatoms. The lowest BCUT2D eigenvalue weighted by Gasteiger charge is -2.38. The zero-order valence-corrected chi connectivity index (χ0v) is 15.6. The zero-order chi connectivity index (χ0) is 18.6. The van der Waals surface area contributed by atoms with Crippen LogP contribution in [0.1, 0.15) is 37.8 Å². The van der Waals surface area contributed by atoms with Crippen LogP contribution in [0.2, 0.25) is 0 Å². The van der Waals surface area contributed by atoms with Crippen LogP contribution in [0.15, 0.2) is 48.5 Å². The molecular weight excluding hydrogens is 326 g/mol. The van der Waals surface area contributed by atoms with E-state index in [1.165, 1.54) is 0 Å². The molecule has 1 heterocycles. The van der Waals surface area contributed by atoms with Crippen molar-refractivity contribution in [1.82, 2.24) is 4.90 Å². The molecule has 0 bridgehead atoms. The van der Waals surface area contributed by atoms with Gasteiger partial charge in [0.05, 0.1) is 6.42 Å². The summed E-state index contributed by atoms with van der Waals surface area (Å²) in [7, 11) is 0. The average molecular weight is 353 g/mol. The first-order valence-electron chi connectivity index (χ1n) is 9.19. The maximum Gasteiger partial charge on any atom is 0.227 e. The van der Waals surface area contributed by atoms with Crippen LogP contribution in [0.5, 0.6) is 11.5 Å². The molecule has 0 aliphatic carbocycles. The average Bonchev–Trinajstić information content (AvgIpc) is 2.61. The summed E-state index contributed by atoms with van der Waals surface area (Å²) in [6, 6.07) is 14.9. The van der Waals surface area contributed by atoms with Crippen molar-refractivity contribution in [2.24, 2.45) is 5.41 Å². The smallest absolute Gasteiger partial charge is 0.227 e. The molecule has 1 aliphatic heterocycles. The number of phenols is 1. The van der Waals surface area contributed by atoms with Crippen LogP contribution in [-0.2, 0) is 17.8 Å². The van der Waals surface area contributed by atoms with E-state index < -0.39 is 0 Å². The third-order valence-corrected chi connectivity index (χ3v) is 4.88. The van der Waals surface area contributed by atoms with Gasteiger partial charge in [-0.05, 0) is 42.0 Å². The quantitative estimate of drug-likeness (QED) is 0.878. The number of ether oxygens (including phenoxy) is 1. The number of phenolic OH excluding ortho intramolecular Hbond substituents is 1. The van der Waals surface area contributed by atoms with Crippen LogP contribution in [0.3, 0.4) is 0 Å². The second-order valence-electron chi connectivity index (χ2n) is 7.83. The molecule has 0 aromatic heterocycles. The third-order valence-electron chi connectivity index (χ3n) is 4.88. The van der Waals surface area contributed by atoms with Crippen LogP contribution >= 0.6 is 0 Å². The number of aromatic hydroxyl groups is 1. The molecule has 1 amide bonds. The first-order chi connectivity index (χ1) is 12.4. The number of carbonyl (C=O) groups is 1. The standard InChI is InChI=1S/C22H27NO3/c1-22(2)11-6-12-23(16-22)21(25)14-18-13-19(24)9-10-20(18)26-15-17-7-4-3-5-8-17/h3-5,7-10,13,24H,6,11-12,14-16H2,1-2H3. The number of hydrogen-bond donors (Lipinski definition) is 1. The number of nitrogens with zero attached hydrogens (tertiary/aromatic N) is 1. The molecule has 26 heavy (non-hydrogen) atoms. The summed E-state index contributed by atoms with van der Waals surface area (Å²) in [4.78, 5) is 14.7. The van der Waals surface area contributed by atoms with Crippen molar-refractivity contribution in [2.45, 2.75) is 39.7 Å². The molecule has 1 N–H and O–H groups in total. The summed E-state index contributed by atoms with van der Waals surface area (Å²) in [6.07, 6.45) is 2.43. The molecule has 0 radical (unpaired) electrons. The lowest BCUT2D eigenvalue weighted by molar-refractivity contribution is -0.133. The highest BCUT2D eigenvalue weighted by atomic mass is 16.5. The molecule has 3 rings (SSSR count). The Hall–Kier alpha value is -2.49. The molecule has 0 spiro atoms. The van der Waals surface area contributed by atoms with Crippen LogP contribution in [-0.4, -0.2) is 29.0 Å². The summed E-state index contributed by atoms with van der Waals surface area (Å²) in [5, 5.41) is 9.85. The predicted octanol–water partition coefficient (Wildman–Crippen LogP) is 4.16. The fourth-order valence-electron chi connectivity index (χ4n) is 3.49. The topological polar surface area (TPSA) is 49.8 Å². The number of hydrogen-bond acceptors (Lipinski definition) is 3. The van der Waals surface area contributed by atoms with Gasteiger partial charge in [-0.2, -0.15) is 0 Å². The van der Waals surface area contributed by atoms with Gasteiger partial charge in [0, 0.05) is 18.7 Å². The normalized spacial score (nSPS) is 16.3. The Morgan fingerprint density at radius 3 is 2.69 bits per heavy atom. The monoisotopic (exact) mass is 353 g/mol. The number of amides is 1. The Kier molecular flexibility index (Phi) is 5.50. The molecule has 4 nitrogen and oxygen atoms in total. The maximum absolute atomic E-state index is 12.8. The van der Waals surface area contributed by atoms with E-state index in [1.54, 1.807) is 18.2 Å². The zero-order valence-electron chi connectivity index (χ0n) is 15.6. The lowest BCUT2D eigenvalue weighted by Crippen LogP contribution is -2.44. The molecule has 0 atom stereocenters. The third kappa shape index (κ3) is 4.78. The molecule has 138 valence electrons. The van der Waals surface area contributed by atoms with Crippen molar-refractivity contribution in [3.63, 3.8) is 0 Å². The van der Waals surface area contributed by atoms with Gasteiger partial charge in [-0.25, -0.2) is 0 Å². The highest BCUT2D eigenvalue weighted by molar-refractivity contribution is 5.79. The second-order valence-corrected chi connectivity index (χ2v) is 7.83. The van der Waals surface area contributed by atoms with E-state index in [9.17, 15) is 9.90 Å². The first kappa shape index (κ1) is 18.3. The van der Waals surface area contributed by atoms with Crippen molar-refractivity contribution in [3.8, 4) is 11.5 Å². The largest absolute Gasteiger partial charge is 0.508 e. The molecule has 1 aliphatic rings. The van der Waals surface area contributed by atoms with Crippen molar-refractivity contribution in [3.05, 3.63) is 59.7 Å². The van der Waals surface area contributed by atoms with Gasteiger partial charge in [-0.1, -0.05) is 44.2 Å². The van der Waals surface area contributed by atoms with Crippen molar-refractivity contribution < 1.29 is 14.6 Å². The van der Waals surface area contributed by atoms with Gasteiger partial charge in [-0.3, -0.25) is 4.79 Å². The van der Waals surface area contributed by atoms with Gasteiger partial charge in [0.2, 0.25) is 5.91 Å². The molecule has 1 fully saturated rings. The van der Waals surface area contributed by atoms with E-state index in [1.807, 2.05) is 35.2 Å². The van der Waals surface area contributed by atoms with E-state index in [2.05, 4.69) is 13.8 Å². The fraction of sp³-hybridized carbons (Fsp3) is 0.409. The Bertz CT molecular complexity index is 755. The Morgan fingerprint density at radius 2 is 1.96 bits per heavy atom. The molecule has 2 aromatic carbocycles. The molecule has 0 unspecified atom stereocenters. The van der Waals surface area contributed by atoms with Crippen molar-refractivity contribution >= 4 is 5.91 Å². The number of carbonyl (C=O) groups excluding carboxylic acids is 1. The van der Waals surface area contributed by atoms with Gasteiger partial charge < -0.3 is 14.7 Å².